The van der Waals surface area contributed by atoms with Crippen LogP contribution in [0.15, 0.2) is 91.0 Å². The number of benzene rings is 3. The Labute approximate surface area is 181 Å². The third-order valence-corrected chi connectivity index (χ3v) is 6.60. The van der Waals surface area contributed by atoms with Gasteiger partial charge in [0.2, 0.25) is 0 Å². The summed E-state index contributed by atoms with van der Waals surface area (Å²) in [4.78, 5) is 2.59. The number of unbranched alkanes of at least 4 members (excludes halogenated alkanes) is 1. The third kappa shape index (κ3) is 3.82. The molecule has 3 aromatic rings. The van der Waals surface area contributed by atoms with Gasteiger partial charge in [0, 0.05) is 12.6 Å². The first-order valence-electron chi connectivity index (χ1n) is 11.4. The summed E-state index contributed by atoms with van der Waals surface area (Å²) in [5, 5.41) is 11.2. The first-order chi connectivity index (χ1) is 14.8. The van der Waals surface area contributed by atoms with Gasteiger partial charge in [0.25, 0.3) is 0 Å². The highest BCUT2D eigenvalue weighted by Gasteiger charge is 2.48. The van der Waals surface area contributed by atoms with Crippen molar-refractivity contribution in [2.75, 3.05) is 6.54 Å². The lowest BCUT2D eigenvalue weighted by Crippen LogP contribution is -2.53. The molecule has 0 bridgehead atoms. The smallest absolute Gasteiger partial charge is 0.0976 e. The minimum atomic E-state index is -0.419. The summed E-state index contributed by atoms with van der Waals surface area (Å²) in [6.45, 7) is 3.17. The molecule has 0 amide bonds. The fourth-order valence-electron chi connectivity index (χ4n) is 5.25. The van der Waals surface area contributed by atoms with Gasteiger partial charge < -0.3 is 5.11 Å². The van der Waals surface area contributed by atoms with Crippen LogP contribution in [0.3, 0.4) is 0 Å². The first kappa shape index (κ1) is 20.8. The van der Waals surface area contributed by atoms with Crippen LogP contribution in [0.2, 0.25) is 0 Å². The van der Waals surface area contributed by atoms with Gasteiger partial charge in [-0.05, 0) is 36.0 Å². The largest absolute Gasteiger partial charge is 0.391 e. The molecule has 2 heteroatoms. The molecule has 1 heterocycles. The van der Waals surface area contributed by atoms with Crippen LogP contribution in [0.4, 0.5) is 0 Å². The summed E-state index contributed by atoms with van der Waals surface area (Å²) in [5.41, 5.74) is 3.36. The van der Waals surface area contributed by atoms with E-state index in [2.05, 4.69) is 103 Å². The zero-order chi connectivity index (χ0) is 20.8. The summed E-state index contributed by atoms with van der Waals surface area (Å²) < 4.78 is 0. The van der Waals surface area contributed by atoms with Crippen molar-refractivity contribution in [3.63, 3.8) is 0 Å². The Morgan fingerprint density at radius 1 is 0.833 bits per heavy atom. The van der Waals surface area contributed by atoms with E-state index >= 15 is 0 Å². The Balaban J connectivity index is 1.93. The van der Waals surface area contributed by atoms with Crippen LogP contribution in [0, 0.1) is 0 Å². The van der Waals surface area contributed by atoms with Gasteiger partial charge >= 0.3 is 0 Å². The van der Waals surface area contributed by atoms with Crippen molar-refractivity contribution in [1.29, 1.82) is 0 Å². The van der Waals surface area contributed by atoms with Crippen molar-refractivity contribution in [3.8, 4) is 0 Å². The Hall–Kier alpha value is -2.42. The SMILES string of the molecule is CCCCC(O)[C@@H]1CCCN1C(c1ccccc1)(c1ccccc1)c1ccccc1. The van der Waals surface area contributed by atoms with Crippen molar-refractivity contribution < 1.29 is 5.11 Å². The topological polar surface area (TPSA) is 23.5 Å². The molecule has 2 atom stereocenters. The van der Waals surface area contributed by atoms with Gasteiger partial charge in [0.05, 0.1) is 11.6 Å². The number of aliphatic hydroxyl groups is 1. The molecule has 0 aliphatic carbocycles. The molecule has 4 rings (SSSR count). The maximum atomic E-state index is 11.2. The number of hydrogen-bond acceptors (Lipinski definition) is 2. The van der Waals surface area contributed by atoms with Gasteiger partial charge in [-0.2, -0.15) is 0 Å². The highest BCUT2D eigenvalue weighted by molar-refractivity contribution is 5.50. The van der Waals surface area contributed by atoms with Crippen molar-refractivity contribution in [3.05, 3.63) is 108 Å². The van der Waals surface area contributed by atoms with Gasteiger partial charge in [-0.1, -0.05) is 111 Å². The fourth-order valence-corrected chi connectivity index (χ4v) is 5.25. The maximum Gasteiger partial charge on any atom is 0.0976 e. The predicted molar refractivity (Wildman–Crippen MR) is 124 cm³/mol. The van der Waals surface area contributed by atoms with E-state index in [1.807, 2.05) is 0 Å². The first-order valence-corrected chi connectivity index (χ1v) is 11.4. The normalized spacial score (nSPS) is 18.4. The number of hydrogen-bond donors (Lipinski definition) is 1. The molecular formula is C28H33NO. The molecule has 0 saturated carbocycles. The molecule has 1 saturated heterocycles. The average molecular weight is 400 g/mol. The predicted octanol–water partition coefficient (Wildman–Crippen LogP) is 5.99. The highest BCUT2D eigenvalue weighted by atomic mass is 16.3. The molecule has 1 unspecified atom stereocenters. The van der Waals surface area contributed by atoms with E-state index < -0.39 is 5.54 Å². The monoisotopic (exact) mass is 399 g/mol. The number of aliphatic hydroxyl groups excluding tert-OH is 1. The molecule has 1 fully saturated rings. The molecule has 3 aromatic carbocycles. The van der Waals surface area contributed by atoms with Gasteiger partial charge in [0.1, 0.15) is 0 Å². The van der Waals surface area contributed by atoms with Crippen LogP contribution >= 0.6 is 0 Å². The molecule has 30 heavy (non-hydrogen) atoms. The van der Waals surface area contributed by atoms with Crippen molar-refractivity contribution >= 4 is 0 Å². The minimum absolute atomic E-state index is 0.150. The lowest BCUT2D eigenvalue weighted by atomic mass is 9.75. The van der Waals surface area contributed by atoms with E-state index in [0.29, 0.717) is 0 Å². The average Bonchev–Trinajstić information content (AvgIpc) is 3.30. The Kier molecular flexibility index (Phi) is 6.66. The van der Waals surface area contributed by atoms with Gasteiger partial charge in [-0.3, -0.25) is 4.90 Å². The number of rotatable bonds is 8. The molecule has 1 N–H and O–H groups in total. The summed E-state index contributed by atoms with van der Waals surface area (Å²) in [6, 6.07) is 32.7. The second-order valence-electron chi connectivity index (χ2n) is 8.42. The van der Waals surface area contributed by atoms with Crippen LogP contribution in [0.25, 0.3) is 0 Å². The summed E-state index contributed by atoms with van der Waals surface area (Å²) in [5.74, 6) is 0. The highest BCUT2D eigenvalue weighted by Crippen LogP contribution is 2.46. The van der Waals surface area contributed by atoms with Crippen LogP contribution in [-0.2, 0) is 5.54 Å². The van der Waals surface area contributed by atoms with E-state index in [0.717, 1.165) is 38.6 Å². The van der Waals surface area contributed by atoms with E-state index in [4.69, 9.17) is 0 Å². The zero-order valence-corrected chi connectivity index (χ0v) is 18.0. The van der Waals surface area contributed by atoms with Crippen molar-refractivity contribution in [2.24, 2.45) is 0 Å². The van der Waals surface area contributed by atoms with Crippen LogP contribution in [0.5, 0.6) is 0 Å². The molecule has 1 aliphatic rings. The van der Waals surface area contributed by atoms with E-state index in [1.54, 1.807) is 0 Å². The fraction of sp³-hybridized carbons (Fsp3) is 0.357. The standard InChI is InChI=1S/C28H33NO/c1-2-3-21-27(30)26-20-13-22-29(26)28(23-14-7-4-8-15-23,24-16-9-5-10-17-24)25-18-11-6-12-19-25/h4-12,14-19,26-27,30H,2-3,13,20-22H2,1H3/t26-,27?/m0/s1. The molecule has 0 radical (unpaired) electrons. The van der Waals surface area contributed by atoms with Gasteiger partial charge in [-0.25, -0.2) is 0 Å². The third-order valence-electron chi connectivity index (χ3n) is 6.60. The Morgan fingerprint density at radius 3 is 1.73 bits per heavy atom. The van der Waals surface area contributed by atoms with Crippen LogP contribution in [0.1, 0.15) is 55.7 Å². The van der Waals surface area contributed by atoms with E-state index in [9.17, 15) is 5.11 Å². The van der Waals surface area contributed by atoms with Gasteiger partial charge in [0.15, 0.2) is 0 Å². The molecule has 0 spiro atoms. The van der Waals surface area contributed by atoms with E-state index in [-0.39, 0.29) is 12.1 Å². The van der Waals surface area contributed by atoms with Crippen LogP contribution in [-0.4, -0.2) is 28.7 Å². The molecule has 1 aliphatic heterocycles. The number of nitrogens with zero attached hydrogens (tertiary/aromatic N) is 1. The lowest BCUT2D eigenvalue weighted by Gasteiger charge is -2.47. The second kappa shape index (κ2) is 9.59. The zero-order valence-electron chi connectivity index (χ0n) is 18.0. The minimum Gasteiger partial charge on any atom is -0.391 e. The summed E-state index contributed by atoms with van der Waals surface area (Å²) in [6.07, 6.45) is 4.90. The molecular weight excluding hydrogens is 366 g/mol. The number of likely N-dealkylation sites (tertiary alicyclic amines) is 1. The molecule has 0 aromatic heterocycles. The second-order valence-corrected chi connectivity index (χ2v) is 8.42. The van der Waals surface area contributed by atoms with Crippen molar-refractivity contribution in [2.45, 2.75) is 56.7 Å². The quantitative estimate of drug-likeness (QED) is 0.470. The van der Waals surface area contributed by atoms with Crippen molar-refractivity contribution in [1.82, 2.24) is 4.90 Å². The van der Waals surface area contributed by atoms with E-state index in [1.165, 1.54) is 16.7 Å². The Bertz CT molecular complexity index is 797. The summed E-state index contributed by atoms with van der Waals surface area (Å²) >= 11 is 0. The van der Waals surface area contributed by atoms with Gasteiger partial charge in [-0.15, -0.1) is 0 Å². The lowest BCUT2D eigenvalue weighted by molar-refractivity contribution is 0.0278. The van der Waals surface area contributed by atoms with Crippen LogP contribution < -0.4 is 0 Å². The summed E-state index contributed by atoms with van der Waals surface area (Å²) in [7, 11) is 0. The molecule has 156 valence electrons. The maximum absolute atomic E-state index is 11.2. The molecule has 2 nitrogen and oxygen atoms in total. The Morgan fingerprint density at radius 2 is 1.30 bits per heavy atom.